The third-order valence-electron chi connectivity index (χ3n) is 3.26. The molecule has 0 heterocycles. The maximum atomic E-state index is 8.92. The monoisotopic (exact) mass is 250 g/mol. The van der Waals surface area contributed by atoms with Gasteiger partial charge in [-0.2, -0.15) is 5.26 Å². The number of anilines is 1. The highest BCUT2D eigenvalue weighted by atomic mass is 15.1. The lowest BCUT2D eigenvalue weighted by atomic mass is 10.1. The Balaban J connectivity index is 2.25. The molecule has 0 fully saturated rings. The van der Waals surface area contributed by atoms with E-state index >= 15 is 0 Å². The summed E-state index contributed by atoms with van der Waals surface area (Å²) < 4.78 is 0. The molecule has 0 aliphatic rings. The molecule has 0 N–H and O–H groups in total. The molecule has 0 bridgehead atoms. The summed E-state index contributed by atoms with van der Waals surface area (Å²) in [7, 11) is 0. The third kappa shape index (κ3) is 3.14. The van der Waals surface area contributed by atoms with Gasteiger partial charge in [0.15, 0.2) is 0 Å². The molecule has 19 heavy (non-hydrogen) atoms. The summed E-state index contributed by atoms with van der Waals surface area (Å²) >= 11 is 0. The van der Waals surface area contributed by atoms with Gasteiger partial charge in [-0.15, -0.1) is 0 Å². The number of nitriles is 1. The Hall–Kier alpha value is -2.27. The summed E-state index contributed by atoms with van der Waals surface area (Å²) in [4.78, 5) is 2.33. The number of hydrogen-bond acceptors (Lipinski definition) is 2. The number of nitrogens with zero attached hydrogens (tertiary/aromatic N) is 2. The Labute approximate surface area is 114 Å². The molecular weight excluding hydrogens is 232 g/mol. The van der Waals surface area contributed by atoms with Gasteiger partial charge in [-0.05, 0) is 43.2 Å². The molecule has 2 aromatic rings. The summed E-state index contributed by atoms with van der Waals surface area (Å²) in [5.41, 5.74) is 4.37. The Morgan fingerprint density at radius 1 is 1.11 bits per heavy atom. The minimum absolute atomic E-state index is 0.719. The molecule has 0 atom stereocenters. The Kier molecular flexibility index (Phi) is 4.20. The zero-order chi connectivity index (χ0) is 13.7. The van der Waals surface area contributed by atoms with Crippen LogP contribution >= 0.6 is 0 Å². The van der Waals surface area contributed by atoms with Crippen LogP contribution in [0.1, 0.15) is 23.6 Å². The van der Waals surface area contributed by atoms with Gasteiger partial charge in [0.1, 0.15) is 0 Å². The van der Waals surface area contributed by atoms with E-state index in [2.05, 4.69) is 49.1 Å². The van der Waals surface area contributed by atoms with Crippen LogP contribution in [0.15, 0.2) is 48.5 Å². The highest BCUT2D eigenvalue weighted by Gasteiger charge is 2.08. The molecule has 2 rings (SSSR count). The van der Waals surface area contributed by atoms with E-state index in [9.17, 15) is 0 Å². The van der Waals surface area contributed by atoms with Crippen LogP contribution in [-0.2, 0) is 6.54 Å². The second kappa shape index (κ2) is 6.06. The van der Waals surface area contributed by atoms with E-state index in [-0.39, 0.29) is 0 Å². The van der Waals surface area contributed by atoms with Crippen molar-refractivity contribution in [3.05, 3.63) is 65.2 Å². The van der Waals surface area contributed by atoms with Crippen molar-refractivity contribution >= 4 is 5.69 Å². The minimum atomic E-state index is 0.719. The maximum Gasteiger partial charge on any atom is 0.0991 e. The van der Waals surface area contributed by atoms with Crippen LogP contribution in [0.2, 0.25) is 0 Å². The SMILES string of the molecule is CCN(Cc1ccccc1)c1ccc(C#N)cc1C. The van der Waals surface area contributed by atoms with Crippen molar-refractivity contribution in [2.45, 2.75) is 20.4 Å². The van der Waals surface area contributed by atoms with Crippen molar-refractivity contribution in [2.24, 2.45) is 0 Å². The first kappa shape index (κ1) is 13.2. The molecule has 0 saturated carbocycles. The summed E-state index contributed by atoms with van der Waals surface area (Å²) in [5.74, 6) is 0. The van der Waals surface area contributed by atoms with Crippen molar-refractivity contribution < 1.29 is 0 Å². The third-order valence-corrected chi connectivity index (χ3v) is 3.26. The highest BCUT2D eigenvalue weighted by Crippen LogP contribution is 2.22. The fourth-order valence-corrected chi connectivity index (χ4v) is 2.25. The van der Waals surface area contributed by atoms with Gasteiger partial charge < -0.3 is 4.90 Å². The lowest BCUT2D eigenvalue weighted by Gasteiger charge is -2.25. The quantitative estimate of drug-likeness (QED) is 0.823. The largest absolute Gasteiger partial charge is 0.367 e. The zero-order valence-corrected chi connectivity index (χ0v) is 11.4. The number of hydrogen-bond donors (Lipinski definition) is 0. The summed E-state index contributed by atoms with van der Waals surface area (Å²) in [6, 6.07) is 18.5. The molecule has 96 valence electrons. The lowest BCUT2D eigenvalue weighted by Crippen LogP contribution is -2.22. The van der Waals surface area contributed by atoms with Gasteiger partial charge in [0, 0.05) is 18.8 Å². The molecule has 2 aromatic carbocycles. The van der Waals surface area contributed by atoms with Gasteiger partial charge >= 0.3 is 0 Å². The Morgan fingerprint density at radius 3 is 2.42 bits per heavy atom. The second-order valence-electron chi connectivity index (χ2n) is 4.61. The van der Waals surface area contributed by atoms with E-state index in [1.807, 2.05) is 24.3 Å². The van der Waals surface area contributed by atoms with Crippen LogP contribution in [0, 0.1) is 18.3 Å². The Morgan fingerprint density at radius 2 is 1.84 bits per heavy atom. The Bertz CT molecular complexity index is 582. The molecule has 2 nitrogen and oxygen atoms in total. The van der Waals surface area contributed by atoms with Crippen LogP contribution in [0.5, 0.6) is 0 Å². The fourth-order valence-electron chi connectivity index (χ4n) is 2.25. The number of aryl methyl sites for hydroxylation is 1. The lowest BCUT2D eigenvalue weighted by molar-refractivity contribution is 0.828. The smallest absolute Gasteiger partial charge is 0.0991 e. The standard InChI is InChI=1S/C17H18N2/c1-3-19(13-15-7-5-4-6-8-15)17-10-9-16(12-18)11-14(17)2/h4-11H,3,13H2,1-2H3. The minimum Gasteiger partial charge on any atom is -0.367 e. The van der Waals surface area contributed by atoms with Crippen molar-refractivity contribution in [2.75, 3.05) is 11.4 Å². The van der Waals surface area contributed by atoms with E-state index in [4.69, 9.17) is 5.26 Å². The molecule has 0 aliphatic heterocycles. The van der Waals surface area contributed by atoms with Crippen molar-refractivity contribution in [3.8, 4) is 6.07 Å². The van der Waals surface area contributed by atoms with Crippen molar-refractivity contribution in [3.63, 3.8) is 0 Å². The molecule has 0 aliphatic carbocycles. The molecule has 0 radical (unpaired) electrons. The molecule has 0 saturated heterocycles. The van der Waals surface area contributed by atoms with Crippen LogP contribution in [-0.4, -0.2) is 6.54 Å². The van der Waals surface area contributed by atoms with Crippen LogP contribution in [0.4, 0.5) is 5.69 Å². The van der Waals surface area contributed by atoms with Gasteiger partial charge in [0.2, 0.25) is 0 Å². The van der Waals surface area contributed by atoms with E-state index in [1.54, 1.807) is 0 Å². The number of benzene rings is 2. The number of rotatable bonds is 4. The summed E-state index contributed by atoms with van der Waals surface area (Å²) in [6.45, 7) is 6.05. The summed E-state index contributed by atoms with van der Waals surface area (Å²) in [6.07, 6.45) is 0. The second-order valence-corrected chi connectivity index (χ2v) is 4.61. The molecule has 2 heteroatoms. The van der Waals surface area contributed by atoms with E-state index in [0.717, 1.165) is 24.2 Å². The van der Waals surface area contributed by atoms with Gasteiger partial charge in [-0.1, -0.05) is 30.3 Å². The fraction of sp³-hybridized carbons (Fsp3) is 0.235. The highest BCUT2D eigenvalue weighted by molar-refractivity contribution is 5.56. The van der Waals surface area contributed by atoms with Gasteiger partial charge in [-0.3, -0.25) is 0 Å². The van der Waals surface area contributed by atoms with Crippen LogP contribution in [0.25, 0.3) is 0 Å². The van der Waals surface area contributed by atoms with Gasteiger partial charge in [-0.25, -0.2) is 0 Å². The molecular formula is C17H18N2. The van der Waals surface area contributed by atoms with Gasteiger partial charge in [0.25, 0.3) is 0 Å². The molecule has 0 unspecified atom stereocenters. The van der Waals surface area contributed by atoms with Crippen molar-refractivity contribution in [1.29, 1.82) is 5.26 Å². The van der Waals surface area contributed by atoms with E-state index in [1.165, 1.54) is 11.3 Å². The first-order valence-electron chi connectivity index (χ1n) is 6.54. The van der Waals surface area contributed by atoms with Crippen molar-refractivity contribution in [1.82, 2.24) is 0 Å². The maximum absolute atomic E-state index is 8.92. The topological polar surface area (TPSA) is 27.0 Å². The predicted molar refractivity (Wildman–Crippen MR) is 79.1 cm³/mol. The first-order chi connectivity index (χ1) is 9.24. The van der Waals surface area contributed by atoms with Crippen LogP contribution < -0.4 is 4.90 Å². The van der Waals surface area contributed by atoms with E-state index < -0.39 is 0 Å². The molecule has 0 aromatic heterocycles. The molecule has 0 spiro atoms. The summed E-state index contributed by atoms with van der Waals surface area (Å²) in [5, 5.41) is 8.92. The average molecular weight is 250 g/mol. The predicted octanol–water partition coefficient (Wildman–Crippen LogP) is 3.89. The first-order valence-corrected chi connectivity index (χ1v) is 6.54. The average Bonchev–Trinajstić information content (AvgIpc) is 2.46. The molecule has 0 amide bonds. The van der Waals surface area contributed by atoms with E-state index in [0.29, 0.717) is 0 Å². The van der Waals surface area contributed by atoms with Crippen LogP contribution in [0.3, 0.4) is 0 Å². The normalized spacial score (nSPS) is 9.95. The zero-order valence-electron chi connectivity index (χ0n) is 11.4. The van der Waals surface area contributed by atoms with Gasteiger partial charge in [0.05, 0.1) is 11.6 Å².